The minimum absolute atomic E-state index is 0. The molecular weight excluding hydrogens is 407 g/mol. The fourth-order valence-corrected chi connectivity index (χ4v) is 0. The monoisotopic (exact) mass is 416 g/mol. The van der Waals surface area contributed by atoms with Crippen molar-refractivity contribution in [2.45, 2.75) is 0 Å². The Morgan fingerprint density at radius 1 is 0.381 bits per heavy atom. The minimum Gasteiger partial charge on any atom is -1.00 e. The summed E-state index contributed by atoms with van der Waals surface area (Å²) in [5.74, 6) is 0. The van der Waals surface area contributed by atoms with Crippen LogP contribution in [-0.2, 0) is 41.6 Å². The Kier molecular flexibility index (Phi) is 20.5. The first-order valence-electron chi connectivity index (χ1n) is 2.79. The van der Waals surface area contributed by atoms with Crippen molar-refractivity contribution >= 4 is 41.6 Å². The average Bonchev–Trinajstić information content (AvgIpc) is 1.62. The quantitative estimate of drug-likeness (QED) is 0.135. The Balaban J connectivity index is -0.0000000376. The fraction of sp³-hybridized carbons (Fsp3) is 0. The summed E-state index contributed by atoms with van der Waals surface area (Å²) < 4.78 is 126. The molecule has 0 rings (SSSR count). The van der Waals surface area contributed by atoms with Crippen molar-refractivity contribution in [1.82, 2.24) is 0 Å². The number of hydrogen-bond acceptors (Lipinski definition) is 8. The molecule has 0 aromatic carbocycles. The predicted molar refractivity (Wildman–Crippen MR) is 57.8 cm³/mol. The first-order chi connectivity index (χ1) is 8.00. The molecule has 0 atom stereocenters. The molecule has 0 unspecified atom stereocenters. The van der Waals surface area contributed by atoms with Crippen molar-refractivity contribution in [2.24, 2.45) is 0 Å². The maximum absolute atomic E-state index is 8.74. The third-order valence-corrected chi connectivity index (χ3v) is 0. The molecule has 0 aliphatic heterocycles. The molecule has 0 spiro atoms. The van der Waals surface area contributed by atoms with Gasteiger partial charge in [-0.05, 0) is 0 Å². The van der Waals surface area contributed by atoms with E-state index in [1.807, 2.05) is 0 Å². The molecule has 21 heavy (non-hydrogen) atoms. The molecule has 130 valence electrons. The van der Waals surface area contributed by atoms with Crippen LogP contribution in [0.3, 0.4) is 0 Å². The molecule has 0 aliphatic carbocycles. The molecule has 0 amide bonds. The zero-order chi connectivity index (χ0) is 18.0. The van der Waals surface area contributed by atoms with Gasteiger partial charge in [0.15, 0.2) is 0 Å². The van der Waals surface area contributed by atoms with E-state index in [-0.39, 0.29) is 31.0 Å². The normalized spacial score (nSPS) is 11.0. The molecule has 0 heterocycles. The van der Waals surface area contributed by atoms with E-state index in [4.69, 9.17) is 70.1 Å². The molecule has 0 fully saturated rings. The van der Waals surface area contributed by atoms with Gasteiger partial charge in [-0.2, -0.15) is 33.7 Å². The molecule has 0 radical (unpaired) electrons. The van der Waals surface area contributed by atoms with Crippen molar-refractivity contribution in [2.75, 3.05) is 0 Å². The van der Waals surface area contributed by atoms with Gasteiger partial charge in [0.2, 0.25) is 0 Å². The second-order valence-electron chi connectivity index (χ2n) is 1.79. The standard InChI is InChI=1S/Na.4H2O4S.H/c;4*1-5(2,3)4;/h;4*(H2,1,2,3,4);/q+1;;;;;-1. The van der Waals surface area contributed by atoms with Gasteiger partial charge in [0, 0.05) is 0 Å². The van der Waals surface area contributed by atoms with Crippen molar-refractivity contribution in [3.05, 3.63) is 0 Å². The van der Waals surface area contributed by atoms with Gasteiger partial charge >= 0.3 is 71.2 Å². The van der Waals surface area contributed by atoms with Crippen LogP contribution in [0.5, 0.6) is 0 Å². The second-order valence-corrected chi connectivity index (χ2v) is 5.37. The van der Waals surface area contributed by atoms with Crippen LogP contribution in [0.25, 0.3) is 0 Å². The molecule has 0 saturated heterocycles. The smallest absolute Gasteiger partial charge is 1.00 e. The summed E-state index contributed by atoms with van der Waals surface area (Å²) >= 11 is 0. The van der Waals surface area contributed by atoms with Gasteiger partial charge in [-0.1, -0.05) is 0 Å². The minimum atomic E-state index is -4.67. The molecule has 0 saturated carbocycles. The Hall–Kier alpha value is 0.480. The SMILES string of the molecule is O=S(=O)(O)O.O=S(=O)(O)O.O=S(=O)(O)O.O=S(=O)(O)O.[H-].[Na+]. The number of hydrogen-bond donors (Lipinski definition) is 8. The van der Waals surface area contributed by atoms with Crippen LogP contribution in [-0.4, -0.2) is 70.1 Å². The summed E-state index contributed by atoms with van der Waals surface area (Å²) in [7, 11) is -18.7. The van der Waals surface area contributed by atoms with Gasteiger partial charge in [-0.25, -0.2) is 0 Å². The maximum atomic E-state index is 8.74. The maximum Gasteiger partial charge on any atom is 1.00 e. The Morgan fingerprint density at radius 3 is 0.381 bits per heavy atom. The predicted octanol–water partition coefficient (Wildman–Crippen LogP) is -5.49. The zero-order valence-corrected chi connectivity index (χ0v) is 14.7. The summed E-state index contributed by atoms with van der Waals surface area (Å²) in [5.41, 5.74) is 0. The van der Waals surface area contributed by atoms with Crippen molar-refractivity contribution in [3.8, 4) is 0 Å². The van der Waals surface area contributed by atoms with Gasteiger partial charge in [0.1, 0.15) is 0 Å². The first-order valence-corrected chi connectivity index (χ1v) is 8.38. The van der Waals surface area contributed by atoms with Gasteiger partial charge < -0.3 is 1.43 Å². The molecule has 21 heteroatoms. The van der Waals surface area contributed by atoms with E-state index >= 15 is 0 Å². The van der Waals surface area contributed by atoms with Gasteiger partial charge in [0.25, 0.3) is 0 Å². The van der Waals surface area contributed by atoms with Gasteiger partial charge in [-0.15, -0.1) is 0 Å². The summed E-state index contributed by atoms with van der Waals surface area (Å²) in [6, 6.07) is 0. The topological polar surface area (TPSA) is 298 Å². The van der Waals surface area contributed by atoms with Crippen molar-refractivity contribution in [3.63, 3.8) is 0 Å². The summed E-state index contributed by atoms with van der Waals surface area (Å²) in [5, 5.41) is 0. The van der Waals surface area contributed by atoms with Crippen LogP contribution in [0.2, 0.25) is 0 Å². The summed E-state index contributed by atoms with van der Waals surface area (Å²) in [6.07, 6.45) is 0. The van der Waals surface area contributed by atoms with Crippen LogP contribution in [0.4, 0.5) is 0 Å². The van der Waals surface area contributed by atoms with E-state index in [2.05, 4.69) is 0 Å². The van der Waals surface area contributed by atoms with Gasteiger partial charge in [0.05, 0.1) is 0 Å². The van der Waals surface area contributed by atoms with E-state index in [1.54, 1.807) is 0 Å². The van der Waals surface area contributed by atoms with Crippen LogP contribution in [0.15, 0.2) is 0 Å². The number of rotatable bonds is 0. The molecule has 0 aliphatic rings. The third-order valence-electron chi connectivity index (χ3n) is 0. The van der Waals surface area contributed by atoms with E-state index < -0.39 is 41.6 Å². The first kappa shape index (κ1) is 33.2. The van der Waals surface area contributed by atoms with Crippen LogP contribution < -0.4 is 29.6 Å². The van der Waals surface area contributed by atoms with Crippen LogP contribution >= 0.6 is 0 Å². The van der Waals surface area contributed by atoms with E-state index in [9.17, 15) is 0 Å². The van der Waals surface area contributed by atoms with Crippen LogP contribution in [0.1, 0.15) is 1.43 Å². The summed E-state index contributed by atoms with van der Waals surface area (Å²) in [4.78, 5) is 0. The zero-order valence-electron chi connectivity index (χ0n) is 10.5. The molecule has 0 aromatic rings. The van der Waals surface area contributed by atoms with Gasteiger partial charge in [-0.3, -0.25) is 36.4 Å². The summed E-state index contributed by atoms with van der Waals surface area (Å²) in [6.45, 7) is 0. The fourth-order valence-electron chi connectivity index (χ4n) is 0. The van der Waals surface area contributed by atoms with E-state index in [0.29, 0.717) is 0 Å². The largest absolute Gasteiger partial charge is 1.00 e. The third kappa shape index (κ3) is 30400. The van der Waals surface area contributed by atoms with E-state index in [0.717, 1.165) is 0 Å². The average molecular weight is 416 g/mol. The Morgan fingerprint density at radius 2 is 0.381 bits per heavy atom. The Labute approximate surface area is 142 Å². The van der Waals surface area contributed by atoms with Crippen molar-refractivity contribution in [1.29, 1.82) is 0 Å². The molecule has 0 aromatic heterocycles. The molecule has 8 N–H and O–H groups in total. The molecular formula is H9NaO16S4. The molecule has 16 nitrogen and oxygen atoms in total. The van der Waals surface area contributed by atoms with E-state index in [1.165, 1.54) is 0 Å². The van der Waals surface area contributed by atoms with Crippen molar-refractivity contribution < 1.29 is 101 Å². The second kappa shape index (κ2) is 13.0. The molecule has 0 bridgehead atoms. The Bertz CT molecular complexity index is 479. The van der Waals surface area contributed by atoms with Crippen LogP contribution in [0, 0.1) is 0 Å².